The second-order valence-electron chi connectivity index (χ2n) is 12.4. The second-order valence-corrected chi connectivity index (χ2v) is 12.4. The average molecular weight is 558 g/mol. The van der Waals surface area contributed by atoms with Crippen LogP contribution < -0.4 is 5.32 Å². The van der Waals surface area contributed by atoms with Crippen molar-refractivity contribution in [3.8, 4) is 11.1 Å². The van der Waals surface area contributed by atoms with Crippen molar-refractivity contribution in [3.63, 3.8) is 0 Å². The van der Waals surface area contributed by atoms with Crippen LogP contribution in [0.25, 0.3) is 16.6 Å². The van der Waals surface area contributed by atoms with Crippen molar-refractivity contribution < 1.29 is 14.3 Å². The monoisotopic (exact) mass is 557 g/mol. The van der Waals surface area contributed by atoms with Crippen LogP contribution >= 0.6 is 0 Å². The van der Waals surface area contributed by atoms with Gasteiger partial charge in [0, 0.05) is 73.8 Å². The van der Waals surface area contributed by atoms with Crippen molar-refractivity contribution in [2.24, 2.45) is 11.8 Å². The Balaban J connectivity index is 0.915. The van der Waals surface area contributed by atoms with Gasteiger partial charge >= 0.3 is 0 Å². The molecule has 1 N–H and O–H groups in total. The highest BCUT2D eigenvalue weighted by molar-refractivity contribution is 5.93. The Morgan fingerprint density at radius 1 is 1.00 bits per heavy atom. The Kier molecular flexibility index (Phi) is 7.20. The van der Waals surface area contributed by atoms with Crippen LogP contribution in [0, 0.1) is 11.8 Å². The predicted octanol–water partition coefficient (Wildman–Crippen LogP) is 3.91. The lowest BCUT2D eigenvalue weighted by atomic mass is 9.78. The normalized spacial score (nSPS) is 25.4. The van der Waals surface area contributed by atoms with E-state index in [-0.39, 0.29) is 17.7 Å². The molecule has 0 spiro atoms. The van der Waals surface area contributed by atoms with Crippen molar-refractivity contribution in [1.29, 1.82) is 0 Å². The quantitative estimate of drug-likeness (QED) is 0.448. The van der Waals surface area contributed by atoms with Gasteiger partial charge in [-0.1, -0.05) is 12.8 Å². The average Bonchev–Trinajstić information content (AvgIpc) is 3.52. The van der Waals surface area contributed by atoms with Gasteiger partial charge in [0.05, 0.1) is 11.6 Å². The summed E-state index contributed by atoms with van der Waals surface area (Å²) in [5.41, 5.74) is 2.81. The Morgan fingerprint density at radius 3 is 2.51 bits per heavy atom. The minimum Gasteiger partial charge on any atom is -0.370 e. The summed E-state index contributed by atoms with van der Waals surface area (Å²) in [4.78, 5) is 39.0. The molecule has 3 aliphatic carbocycles. The van der Waals surface area contributed by atoms with Crippen LogP contribution in [-0.2, 0) is 20.9 Å². The molecule has 3 aromatic heterocycles. The van der Waals surface area contributed by atoms with E-state index >= 15 is 0 Å². The molecule has 1 aliphatic heterocycles. The number of nitrogens with one attached hydrogen (secondary N) is 1. The lowest BCUT2D eigenvalue weighted by molar-refractivity contribution is -0.137. The van der Waals surface area contributed by atoms with Gasteiger partial charge in [0.2, 0.25) is 11.8 Å². The van der Waals surface area contributed by atoms with Gasteiger partial charge in [0.25, 0.3) is 0 Å². The van der Waals surface area contributed by atoms with E-state index in [9.17, 15) is 9.59 Å². The summed E-state index contributed by atoms with van der Waals surface area (Å²) in [6, 6.07) is 6.66. The molecule has 10 nitrogen and oxygen atoms in total. The highest BCUT2D eigenvalue weighted by atomic mass is 16.5. The molecule has 4 fully saturated rings. The zero-order valence-electron chi connectivity index (χ0n) is 23.7. The van der Waals surface area contributed by atoms with E-state index < -0.39 is 0 Å². The van der Waals surface area contributed by atoms with E-state index in [1.165, 1.54) is 12.8 Å². The number of fused-ring (bicyclic) bond motifs is 1. The SMILES string of the molecule is CC1CN(C(=O)C2CC2)CCN1C1CC(C(=O)Nc2cc3cc(-c4cnc(COC5CCCC5)nc4)ccn3n2)C1. The molecule has 3 aromatic rings. The van der Waals surface area contributed by atoms with Crippen LogP contribution in [0.4, 0.5) is 5.82 Å². The number of carbonyl (C=O) groups excluding carboxylic acids is 2. The van der Waals surface area contributed by atoms with Gasteiger partial charge in [-0.3, -0.25) is 14.5 Å². The van der Waals surface area contributed by atoms with Crippen LogP contribution in [0.2, 0.25) is 0 Å². The summed E-state index contributed by atoms with van der Waals surface area (Å²) >= 11 is 0. The molecule has 41 heavy (non-hydrogen) atoms. The zero-order chi connectivity index (χ0) is 27.9. The van der Waals surface area contributed by atoms with Crippen LogP contribution in [0.15, 0.2) is 36.8 Å². The summed E-state index contributed by atoms with van der Waals surface area (Å²) in [6.07, 6.45) is 14.5. The summed E-state index contributed by atoms with van der Waals surface area (Å²) in [5, 5.41) is 7.59. The third kappa shape index (κ3) is 5.72. The summed E-state index contributed by atoms with van der Waals surface area (Å²) < 4.78 is 7.71. The molecule has 216 valence electrons. The van der Waals surface area contributed by atoms with Crippen LogP contribution in [-0.4, -0.2) is 79.0 Å². The lowest BCUT2D eigenvalue weighted by Crippen LogP contribution is -2.60. The zero-order valence-corrected chi connectivity index (χ0v) is 23.7. The van der Waals surface area contributed by atoms with E-state index in [4.69, 9.17) is 4.74 Å². The fourth-order valence-corrected chi connectivity index (χ4v) is 6.66. The first kappa shape index (κ1) is 26.5. The number of ether oxygens (including phenoxy) is 1. The maximum Gasteiger partial charge on any atom is 0.228 e. The largest absolute Gasteiger partial charge is 0.370 e. The number of carbonyl (C=O) groups is 2. The fourth-order valence-electron chi connectivity index (χ4n) is 6.66. The summed E-state index contributed by atoms with van der Waals surface area (Å²) in [6.45, 7) is 5.17. The lowest BCUT2D eigenvalue weighted by Gasteiger charge is -2.49. The Bertz CT molecular complexity index is 1410. The number of piperazine rings is 1. The molecule has 4 heterocycles. The standard InChI is InChI=1S/C31H39N7O3/c1-20-18-36(31(40)21-6-7-21)10-11-37(20)25-13-23(14-25)30(39)34-28-15-26-12-22(8-9-38(26)35-28)24-16-32-29(33-17-24)19-41-27-4-2-3-5-27/h8-9,12,15-17,20-21,23,25,27H,2-7,10-11,13-14,18-19H2,1H3,(H,34,35,39). The van der Waals surface area contributed by atoms with Gasteiger partial charge in [-0.2, -0.15) is 5.10 Å². The van der Waals surface area contributed by atoms with Crippen LogP contribution in [0.1, 0.15) is 64.1 Å². The number of aromatic nitrogens is 4. The molecule has 0 radical (unpaired) electrons. The van der Waals surface area contributed by atoms with E-state index in [2.05, 4.69) is 32.2 Å². The number of hydrogen-bond donors (Lipinski definition) is 1. The van der Waals surface area contributed by atoms with Crippen molar-refractivity contribution in [2.45, 2.75) is 83.1 Å². The van der Waals surface area contributed by atoms with Gasteiger partial charge in [0.15, 0.2) is 11.6 Å². The third-order valence-corrected chi connectivity index (χ3v) is 9.37. The highest BCUT2D eigenvalue weighted by Crippen LogP contribution is 2.36. The number of rotatable bonds is 8. The highest BCUT2D eigenvalue weighted by Gasteiger charge is 2.43. The van der Waals surface area contributed by atoms with Gasteiger partial charge in [-0.15, -0.1) is 0 Å². The molecule has 4 aliphatic rings. The maximum absolute atomic E-state index is 13.0. The number of hydrogen-bond acceptors (Lipinski definition) is 7. The fraction of sp³-hybridized carbons (Fsp3) is 0.581. The van der Waals surface area contributed by atoms with Crippen molar-refractivity contribution in [1.82, 2.24) is 29.4 Å². The van der Waals surface area contributed by atoms with Crippen LogP contribution in [0.3, 0.4) is 0 Å². The number of nitrogens with zero attached hydrogens (tertiary/aromatic N) is 6. The Morgan fingerprint density at radius 2 is 1.78 bits per heavy atom. The molecule has 1 saturated heterocycles. The summed E-state index contributed by atoms with van der Waals surface area (Å²) in [5.74, 6) is 1.91. The molecule has 3 saturated carbocycles. The minimum atomic E-state index is -0.00740. The topological polar surface area (TPSA) is 105 Å². The Labute approximate surface area is 240 Å². The minimum absolute atomic E-state index is 0.00740. The van der Waals surface area contributed by atoms with E-state index in [0.29, 0.717) is 42.3 Å². The number of pyridine rings is 1. The second kappa shape index (κ2) is 11.1. The van der Waals surface area contributed by atoms with E-state index in [1.807, 2.05) is 41.7 Å². The molecule has 10 heteroatoms. The van der Waals surface area contributed by atoms with Gasteiger partial charge in [0.1, 0.15) is 6.61 Å². The molecular formula is C31H39N7O3. The van der Waals surface area contributed by atoms with Crippen molar-refractivity contribution in [3.05, 3.63) is 42.6 Å². The first-order chi connectivity index (χ1) is 20.0. The maximum atomic E-state index is 13.0. The van der Waals surface area contributed by atoms with E-state index in [0.717, 1.165) is 74.8 Å². The number of amides is 2. The molecular weight excluding hydrogens is 518 g/mol. The van der Waals surface area contributed by atoms with Gasteiger partial charge in [-0.05, 0) is 63.1 Å². The number of anilines is 1. The molecule has 0 aromatic carbocycles. The molecule has 2 amide bonds. The third-order valence-electron chi connectivity index (χ3n) is 9.37. The van der Waals surface area contributed by atoms with Crippen LogP contribution in [0.5, 0.6) is 0 Å². The van der Waals surface area contributed by atoms with Gasteiger partial charge < -0.3 is 15.0 Å². The molecule has 0 bridgehead atoms. The summed E-state index contributed by atoms with van der Waals surface area (Å²) in [7, 11) is 0. The first-order valence-electron chi connectivity index (χ1n) is 15.3. The first-order valence-corrected chi connectivity index (χ1v) is 15.3. The van der Waals surface area contributed by atoms with Crippen molar-refractivity contribution in [2.75, 3.05) is 25.0 Å². The predicted molar refractivity (Wildman–Crippen MR) is 154 cm³/mol. The molecule has 1 atom stereocenters. The Hall–Kier alpha value is -3.37. The van der Waals surface area contributed by atoms with Crippen molar-refractivity contribution >= 4 is 23.1 Å². The molecule has 7 rings (SSSR count). The van der Waals surface area contributed by atoms with Gasteiger partial charge in [-0.25, -0.2) is 14.5 Å². The smallest absolute Gasteiger partial charge is 0.228 e. The molecule has 1 unspecified atom stereocenters. The van der Waals surface area contributed by atoms with E-state index in [1.54, 1.807) is 4.52 Å².